The van der Waals surface area contributed by atoms with Gasteiger partial charge in [-0.25, -0.2) is 4.79 Å². The maximum absolute atomic E-state index is 14.1. The molecule has 4 amide bonds. The molecule has 0 heterocycles. The number of nitrogens with zero attached hydrogens (tertiary/aromatic N) is 1. The molecule has 4 N–H and O–H groups in total. The van der Waals surface area contributed by atoms with E-state index in [9.17, 15) is 19.2 Å². The minimum atomic E-state index is -1.29. The lowest BCUT2D eigenvalue weighted by Crippen LogP contribution is -2.56. The first kappa shape index (κ1) is 31.9. The van der Waals surface area contributed by atoms with E-state index >= 15 is 0 Å². The molecule has 0 fully saturated rings. The molecule has 0 spiro atoms. The van der Waals surface area contributed by atoms with E-state index in [-0.39, 0.29) is 11.9 Å². The van der Waals surface area contributed by atoms with Crippen molar-refractivity contribution in [1.82, 2.24) is 15.5 Å². The van der Waals surface area contributed by atoms with Gasteiger partial charge in [-0.15, -0.1) is 0 Å². The molecule has 0 saturated carbocycles. The van der Waals surface area contributed by atoms with E-state index in [4.69, 9.17) is 10.5 Å². The predicted octanol–water partition coefficient (Wildman–Crippen LogP) is 4.07. The van der Waals surface area contributed by atoms with E-state index in [0.29, 0.717) is 24.4 Å². The third kappa shape index (κ3) is 11.7. The van der Waals surface area contributed by atoms with Gasteiger partial charge in [-0.05, 0) is 58.4 Å². The van der Waals surface area contributed by atoms with Crippen molar-refractivity contribution in [3.8, 4) is 0 Å². The number of carbonyl (C=O) groups is 4. The zero-order chi connectivity index (χ0) is 28.2. The molecule has 1 aromatic carbocycles. The minimum absolute atomic E-state index is 0.320. The number of hydrogen-bond acceptors (Lipinski definition) is 5. The van der Waals surface area contributed by atoms with Gasteiger partial charge < -0.3 is 26.0 Å². The van der Waals surface area contributed by atoms with Gasteiger partial charge in [0, 0.05) is 12.6 Å². The number of nitrogens with one attached hydrogen (secondary N) is 2. The van der Waals surface area contributed by atoms with Gasteiger partial charge >= 0.3 is 6.09 Å². The Hall–Kier alpha value is -3.10. The predicted molar refractivity (Wildman–Crippen MR) is 144 cm³/mol. The zero-order valence-corrected chi connectivity index (χ0v) is 23.5. The van der Waals surface area contributed by atoms with Crippen LogP contribution in [0.3, 0.4) is 0 Å². The molecule has 0 radical (unpaired) electrons. The van der Waals surface area contributed by atoms with E-state index in [1.165, 1.54) is 4.90 Å². The normalized spacial score (nSPS) is 13.8. The Labute approximate surface area is 221 Å². The topological polar surface area (TPSA) is 131 Å². The largest absolute Gasteiger partial charge is 0.444 e. The van der Waals surface area contributed by atoms with Crippen LogP contribution < -0.4 is 16.4 Å². The lowest BCUT2D eigenvalue weighted by atomic mass is 9.96. The van der Waals surface area contributed by atoms with Crippen LogP contribution in [-0.2, 0) is 19.1 Å². The molecule has 37 heavy (non-hydrogen) atoms. The Balaban J connectivity index is 3.52. The van der Waals surface area contributed by atoms with E-state index in [0.717, 1.165) is 19.3 Å². The van der Waals surface area contributed by atoms with Crippen molar-refractivity contribution >= 4 is 23.8 Å². The molecule has 0 aliphatic carbocycles. The lowest BCUT2D eigenvalue weighted by Gasteiger charge is -2.38. The van der Waals surface area contributed by atoms with Crippen LogP contribution in [0, 0.1) is 5.92 Å². The van der Waals surface area contributed by atoms with Gasteiger partial charge in [0.25, 0.3) is 0 Å². The first-order chi connectivity index (χ1) is 17.3. The summed E-state index contributed by atoms with van der Waals surface area (Å²) >= 11 is 0. The van der Waals surface area contributed by atoms with Crippen LogP contribution in [0.5, 0.6) is 0 Å². The van der Waals surface area contributed by atoms with Gasteiger partial charge in [0.2, 0.25) is 17.7 Å². The smallest absolute Gasteiger partial charge is 0.408 e. The number of carbonyl (C=O) groups excluding carboxylic acids is 4. The second-order valence-corrected chi connectivity index (χ2v) is 10.9. The van der Waals surface area contributed by atoms with Crippen LogP contribution in [0.2, 0.25) is 0 Å². The van der Waals surface area contributed by atoms with E-state index < -0.39 is 42.0 Å². The summed E-state index contributed by atoms with van der Waals surface area (Å²) in [5.74, 6) is -1.26. The fourth-order valence-corrected chi connectivity index (χ4v) is 3.90. The average Bonchev–Trinajstić information content (AvgIpc) is 2.79. The van der Waals surface area contributed by atoms with E-state index in [1.54, 1.807) is 32.9 Å². The number of amides is 4. The summed E-state index contributed by atoms with van der Waals surface area (Å²) in [6.07, 6.45) is 1.89. The summed E-state index contributed by atoms with van der Waals surface area (Å²) in [5.41, 5.74) is 5.29. The zero-order valence-electron chi connectivity index (χ0n) is 23.5. The number of alkyl carbamates (subject to hydrolysis) is 1. The van der Waals surface area contributed by atoms with Gasteiger partial charge in [-0.3, -0.25) is 14.4 Å². The van der Waals surface area contributed by atoms with Crippen molar-refractivity contribution in [3.63, 3.8) is 0 Å². The quantitative estimate of drug-likeness (QED) is 0.320. The van der Waals surface area contributed by atoms with Gasteiger partial charge in [-0.2, -0.15) is 0 Å². The van der Waals surface area contributed by atoms with Crippen molar-refractivity contribution in [2.75, 3.05) is 6.54 Å². The molecule has 3 atom stereocenters. The highest BCUT2D eigenvalue weighted by molar-refractivity contribution is 5.94. The highest BCUT2D eigenvalue weighted by Gasteiger charge is 2.39. The van der Waals surface area contributed by atoms with Crippen LogP contribution in [0.1, 0.15) is 92.2 Å². The molecule has 0 bridgehead atoms. The number of ether oxygens (including phenoxy) is 1. The third-order valence-corrected chi connectivity index (χ3v) is 5.76. The molecule has 9 nitrogen and oxygen atoms in total. The molecule has 208 valence electrons. The summed E-state index contributed by atoms with van der Waals surface area (Å²) in [6, 6.07) is 6.43. The van der Waals surface area contributed by atoms with Crippen LogP contribution in [0.15, 0.2) is 30.3 Å². The molecule has 1 aromatic rings. The van der Waals surface area contributed by atoms with Crippen LogP contribution in [0.4, 0.5) is 4.79 Å². The summed E-state index contributed by atoms with van der Waals surface area (Å²) in [5, 5.41) is 5.47. The summed E-state index contributed by atoms with van der Waals surface area (Å²) in [6.45, 7) is 13.7. The number of hydrogen-bond donors (Lipinski definition) is 3. The molecule has 0 aliphatic heterocycles. The monoisotopic (exact) mass is 518 g/mol. The summed E-state index contributed by atoms with van der Waals surface area (Å²) in [4.78, 5) is 53.6. The average molecular weight is 519 g/mol. The second-order valence-electron chi connectivity index (χ2n) is 10.9. The highest BCUT2D eigenvalue weighted by atomic mass is 16.6. The van der Waals surface area contributed by atoms with Gasteiger partial charge in [0.15, 0.2) is 0 Å². The molecular formula is C28H46N4O5. The number of nitrogens with two attached hydrogens (primary N) is 1. The first-order valence-electron chi connectivity index (χ1n) is 13.2. The number of unbranched alkanes of at least 4 members (excludes halogenated alkanes) is 1. The second kappa shape index (κ2) is 15.2. The Kier molecular flexibility index (Phi) is 13.1. The number of rotatable bonds is 14. The van der Waals surface area contributed by atoms with Gasteiger partial charge in [0.1, 0.15) is 17.7 Å². The Morgan fingerprint density at radius 1 is 1.03 bits per heavy atom. The minimum Gasteiger partial charge on any atom is -0.444 e. The fourth-order valence-electron chi connectivity index (χ4n) is 3.90. The maximum atomic E-state index is 14.1. The van der Waals surface area contributed by atoms with Crippen molar-refractivity contribution < 1.29 is 23.9 Å². The molecule has 0 aromatic heterocycles. The third-order valence-electron chi connectivity index (χ3n) is 5.76. The van der Waals surface area contributed by atoms with Gasteiger partial charge in [0.05, 0.1) is 6.42 Å². The summed E-state index contributed by atoms with van der Waals surface area (Å²) < 4.78 is 5.32. The lowest BCUT2D eigenvalue weighted by molar-refractivity contribution is -0.146. The standard InChI is InChI=1S/C28H46N4O5/c1-8-9-17-30-25(34)24(21-13-11-10-12-14-21)32(20(4)16-15-19(2)3)26(35)22(18-23(29)33)31-27(36)37-28(5,6)7/h10-14,19-20,22,24H,8-9,15-18H2,1-7H3,(H2,29,33)(H,30,34)(H,31,36). The Morgan fingerprint density at radius 2 is 1.65 bits per heavy atom. The Morgan fingerprint density at radius 3 is 2.16 bits per heavy atom. The van der Waals surface area contributed by atoms with Crippen molar-refractivity contribution in [2.24, 2.45) is 11.7 Å². The molecule has 0 aliphatic rings. The number of primary amides is 1. The van der Waals surface area contributed by atoms with E-state index in [1.807, 2.05) is 32.0 Å². The Bertz CT molecular complexity index is 882. The molecule has 9 heteroatoms. The SMILES string of the molecule is CCCCNC(=O)C(c1ccccc1)N(C(=O)C(CC(N)=O)NC(=O)OC(C)(C)C)C(C)CCC(C)C. The molecule has 1 rings (SSSR count). The van der Waals surface area contributed by atoms with Crippen LogP contribution in [-0.4, -0.2) is 52.9 Å². The van der Waals surface area contributed by atoms with Crippen LogP contribution in [0.25, 0.3) is 0 Å². The van der Waals surface area contributed by atoms with Crippen molar-refractivity contribution in [3.05, 3.63) is 35.9 Å². The van der Waals surface area contributed by atoms with Crippen molar-refractivity contribution in [2.45, 2.75) is 104 Å². The van der Waals surface area contributed by atoms with E-state index in [2.05, 4.69) is 24.5 Å². The molecule has 0 saturated heterocycles. The first-order valence-corrected chi connectivity index (χ1v) is 13.2. The van der Waals surface area contributed by atoms with Gasteiger partial charge in [-0.1, -0.05) is 57.5 Å². The molecular weight excluding hydrogens is 472 g/mol. The highest BCUT2D eigenvalue weighted by Crippen LogP contribution is 2.28. The number of benzene rings is 1. The van der Waals surface area contributed by atoms with Crippen molar-refractivity contribution in [1.29, 1.82) is 0 Å². The maximum Gasteiger partial charge on any atom is 0.408 e. The summed E-state index contributed by atoms with van der Waals surface area (Å²) in [7, 11) is 0. The molecule has 3 unspecified atom stereocenters. The van der Waals surface area contributed by atoms with Crippen LogP contribution >= 0.6 is 0 Å². The fraction of sp³-hybridized carbons (Fsp3) is 0.643.